The van der Waals surface area contributed by atoms with E-state index in [1.54, 1.807) is 0 Å². The standard InChI is InChI=1S/C9H14O9/c1-8(15,16)4-18-6(12)3-9(17,7(13)14)2-5(10)11/h15-17H,2-4H2,1H3,(H,10,11)(H,13,14). The SMILES string of the molecule is CC(O)(O)COC(=O)CC(O)(CC(=O)O)C(=O)O. The van der Waals surface area contributed by atoms with Crippen molar-refractivity contribution < 1.29 is 44.7 Å². The number of aliphatic carboxylic acids is 2. The molecule has 0 aliphatic carbocycles. The van der Waals surface area contributed by atoms with Gasteiger partial charge in [-0.25, -0.2) is 4.79 Å². The van der Waals surface area contributed by atoms with E-state index >= 15 is 0 Å². The van der Waals surface area contributed by atoms with E-state index in [-0.39, 0.29) is 0 Å². The number of carboxylic acid groups (broad SMARTS) is 2. The first-order valence-corrected chi connectivity index (χ1v) is 4.74. The minimum Gasteiger partial charge on any atom is -0.481 e. The first kappa shape index (κ1) is 16.3. The Bertz CT molecular complexity index is 342. The summed E-state index contributed by atoms with van der Waals surface area (Å²) in [4.78, 5) is 32.2. The lowest BCUT2D eigenvalue weighted by Gasteiger charge is -2.21. The molecule has 104 valence electrons. The smallest absolute Gasteiger partial charge is 0.336 e. The second kappa shape index (κ2) is 5.76. The summed E-state index contributed by atoms with van der Waals surface area (Å²) in [5, 5.41) is 44.2. The molecule has 0 fully saturated rings. The average Bonchev–Trinajstić information content (AvgIpc) is 2.11. The summed E-state index contributed by atoms with van der Waals surface area (Å²) >= 11 is 0. The molecule has 9 heteroatoms. The molecule has 0 aromatic rings. The van der Waals surface area contributed by atoms with Crippen molar-refractivity contribution in [3.63, 3.8) is 0 Å². The molecule has 0 bridgehead atoms. The Hall–Kier alpha value is -1.71. The highest BCUT2D eigenvalue weighted by atomic mass is 16.6. The van der Waals surface area contributed by atoms with Gasteiger partial charge < -0.3 is 30.3 Å². The van der Waals surface area contributed by atoms with Crippen molar-refractivity contribution in [1.29, 1.82) is 0 Å². The maximum atomic E-state index is 11.1. The molecule has 0 aromatic heterocycles. The van der Waals surface area contributed by atoms with Gasteiger partial charge in [-0.2, -0.15) is 0 Å². The second-order valence-corrected chi connectivity index (χ2v) is 3.96. The van der Waals surface area contributed by atoms with Crippen LogP contribution in [0.2, 0.25) is 0 Å². The number of ether oxygens (including phenoxy) is 1. The molecule has 0 amide bonds. The van der Waals surface area contributed by atoms with Crippen molar-refractivity contribution in [1.82, 2.24) is 0 Å². The van der Waals surface area contributed by atoms with Crippen molar-refractivity contribution in [2.45, 2.75) is 31.2 Å². The van der Waals surface area contributed by atoms with Gasteiger partial charge in [0.2, 0.25) is 0 Å². The summed E-state index contributed by atoms with van der Waals surface area (Å²) in [6.07, 6.45) is -2.31. The maximum Gasteiger partial charge on any atom is 0.336 e. The van der Waals surface area contributed by atoms with Gasteiger partial charge in [-0.1, -0.05) is 0 Å². The summed E-state index contributed by atoms with van der Waals surface area (Å²) < 4.78 is 4.28. The number of hydrogen-bond acceptors (Lipinski definition) is 7. The Morgan fingerprint density at radius 1 is 1.06 bits per heavy atom. The fraction of sp³-hybridized carbons (Fsp3) is 0.667. The van der Waals surface area contributed by atoms with Gasteiger partial charge in [0, 0.05) is 0 Å². The first-order valence-electron chi connectivity index (χ1n) is 4.74. The lowest BCUT2D eigenvalue weighted by Crippen LogP contribution is -2.43. The molecule has 0 heterocycles. The highest BCUT2D eigenvalue weighted by Gasteiger charge is 2.41. The molecular formula is C9H14O9. The van der Waals surface area contributed by atoms with Crippen LogP contribution >= 0.6 is 0 Å². The lowest BCUT2D eigenvalue weighted by molar-refractivity contribution is -0.196. The fourth-order valence-corrected chi connectivity index (χ4v) is 0.971. The Labute approximate surface area is 101 Å². The predicted octanol–water partition coefficient (Wildman–Crippen LogP) is -2.09. The molecule has 18 heavy (non-hydrogen) atoms. The number of hydrogen-bond donors (Lipinski definition) is 5. The van der Waals surface area contributed by atoms with Crippen molar-refractivity contribution in [2.75, 3.05) is 6.61 Å². The Morgan fingerprint density at radius 2 is 1.56 bits per heavy atom. The Balaban J connectivity index is 4.56. The average molecular weight is 266 g/mol. The zero-order valence-electron chi connectivity index (χ0n) is 9.49. The van der Waals surface area contributed by atoms with E-state index in [2.05, 4.69) is 4.74 Å². The molecule has 0 saturated heterocycles. The number of carbonyl (C=O) groups excluding carboxylic acids is 1. The quantitative estimate of drug-likeness (QED) is 0.257. The molecular weight excluding hydrogens is 252 g/mol. The normalized spacial score (nSPS) is 14.7. The molecule has 0 aliphatic rings. The predicted molar refractivity (Wildman–Crippen MR) is 53.3 cm³/mol. The molecule has 0 spiro atoms. The summed E-state index contributed by atoms with van der Waals surface area (Å²) in [5.74, 6) is -7.07. The van der Waals surface area contributed by atoms with Crippen LogP contribution < -0.4 is 0 Å². The molecule has 1 unspecified atom stereocenters. The molecule has 1 atom stereocenters. The van der Waals surface area contributed by atoms with Crippen LogP contribution in [0.4, 0.5) is 0 Å². The minimum atomic E-state index is -2.80. The maximum absolute atomic E-state index is 11.1. The van der Waals surface area contributed by atoms with Crippen molar-refractivity contribution in [3.8, 4) is 0 Å². The van der Waals surface area contributed by atoms with Crippen molar-refractivity contribution in [2.24, 2.45) is 0 Å². The van der Waals surface area contributed by atoms with Crippen molar-refractivity contribution in [3.05, 3.63) is 0 Å². The third-order valence-corrected chi connectivity index (χ3v) is 1.79. The largest absolute Gasteiger partial charge is 0.481 e. The van der Waals surface area contributed by atoms with Crippen LogP contribution in [-0.4, -0.2) is 61.4 Å². The first-order chi connectivity index (χ1) is 7.96. The van der Waals surface area contributed by atoms with E-state index in [0.717, 1.165) is 6.92 Å². The van der Waals surface area contributed by atoms with Gasteiger partial charge in [-0.15, -0.1) is 0 Å². The lowest BCUT2D eigenvalue weighted by atomic mass is 9.96. The molecule has 0 aliphatic heterocycles. The number of esters is 1. The zero-order chi connectivity index (χ0) is 14.6. The number of carboxylic acids is 2. The van der Waals surface area contributed by atoms with Crippen LogP contribution in [0.25, 0.3) is 0 Å². The fourth-order valence-electron chi connectivity index (χ4n) is 0.971. The molecule has 0 aromatic carbocycles. The second-order valence-electron chi connectivity index (χ2n) is 3.96. The molecule has 5 N–H and O–H groups in total. The van der Waals surface area contributed by atoms with Crippen LogP contribution in [0.1, 0.15) is 19.8 Å². The Morgan fingerprint density at radius 3 is 1.89 bits per heavy atom. The van der Waals surface area contributed by atoms with Crippen LogP contribution in [-0.2, 0) is 19.1 Å². The molecule has 0 radical (unpaired) electrons. The highest BCUT2D eigenvalue weighted by molar-refractivity contribution is 5.88. The highest BCUT2D eigenvalue weighted by Crippen LogP contribution is 2.17. The van der Waals surface area contributed by atoms with Crippen molar-refractivity contribution >= 4 is 17.9 Å². The molecule has 9 nitrogen and oxygen atoms in total. The summed E-state index contributed by atoms with van der Waals surface area (Å²) in [5.41, 5.74) is -2.80. The number of carbonyl (C=O) groups is 3. The van der Waals surface area contributed by atoms with E-state index in [4.69, 9.17) is 20.4 Å². The van der Waals surface area contributed by atoms with Crippen LogP contribution in [0.15, 0.2) is 0 Å². The summed E-state index contributed by atoms with van der Waals surface area (Å²) in [7, 11) is 0. The van der Waals surface area contributed by atoms with Crippen LogP contribution in [0.3, 0.4) is 0 Å². The van der Waals surface area contributed by atoms with Gasteiger partial charge in [0.05, 0.1) is 12.8 Å². The number of rotatable bonds is 7. The topological polar surface area (TPSA) is 162 Å². The van der Waals surface area contributed by atoms with E-state index in [9.17, 15) is 19.5 Å². The van der Waals surface area contributed by atoms with E-state index in [1.165, 1.54) is 0 Å². The molecule has 0 saturated carbocycles. The monoisotopic (exact) mass is 266 g/mol. The summed E-state index contributed by atoms with van der Waals surface area (Å²) in [6, 6.07) is 0. The zero-order valence-corrected chi connectivity index (χ0v) is 9.49. The van der Waals surface area contributed by atoms with Gasteiger partial charge in [0.1, 0.15) is 6.61 Å². The number of aliphatic hydroxyl groups is 3. The van der Waals surface area contributed by atoms with Crippen LogP contribution in [0.5, 0.6) is 0 Å². The third-order valence-electron chi connectivity index (χ3n) is 1.79. The van der Waals surface area contributed by atoms with E-state index in [1.807, 2.05) is 0 Å². The van der Waals surface area contributed by atoms with Crippen LogP contribution in [0, 0.1) is 0 Å². The van der Waals surface area contributed by atoms with Gasteiger partial charge in [-0.3, -0.25) is 9.59 Å². The van der Waals surface area contributed by atoms with Gasteiger partial charge in [-0.05, 0) is 6.92 Å². The van der Waals surface area contributed by atoms with Gasteiger partial charge in [0.25, 0.3) is 0 Å². The van der Waals surface area contributed by atoms with E-state index in [0.29, 0.717) is 0 Å². The van der Waals surface area contributed by atoms with Gasteiger partial charge >= 0.3 is 17.9 Å². The van der Waals surface area contributed by atoms with E-state index < -0.39 is 48.7 Å². The Kier molecular flexibility index (Phi) is 5.21. The third kappa shape index (κ3) is 6.13. The minimum absolute atomic E-state index is 0.839. The molecule has 0 rings (SSSR count). The van der Waals surface area contributed by atoms with Gasteiger partial charge in [0.15, 0.2) is 11.4 Å². The summed E-state index contributed by atoms with van der Waals surface area (Å²) in [6.45, 7) is 0.0789.